The molecule has 2 unspecified atom stereocenters. The quantitative estimate of drug-likeness (QED) is 0.866. The molecular formula is C17H26ClNO2. The molecule has 1 heterocycles. The molecule has 118 valence electrons. The van der Waals surface area contributed by atoms with Crippen LogP contribution < -0.4 is 5.32 Å². The zero-order chi connectivity index (χ0) is 15.3. The van der Waals surface area contributed by atoms with Gasteiger partial charge in [0.2, 0.25) is 0 Å². The lowest BCUT2D eigenvalue weighted by Crippen LogP contribution is -2.39. The topological polar surface area (TPSA) is 30.5 Å². The number of nitrogens with one attached hydrogen (secondary N) is 1. The number of hydrogen-bond donors (Lipinski definition) is 1. The summed E-state index contributed by atoms with van der Waals surface area (Å²) in [6.07, 6.45) is 1.14. The van der Waals surface area contributed by atoms with Gasteiger partial charge in [-0.05, 0) is 44.9 Å². The molecule has 0 radical (unpaired) electrons. The molecule has 1 saturated heterocycles. The van der Waals surface area contributed by atoms with E-state index in [1.54, 1.807) is 0 Å². The fourth-order valence-corrected chi connectivity index (χ4v) is 2.44. The van der Waals surface area contributed by atoms with Crippen molar-refractivity contribution < 1.29 is 9.47 Å². The smallest absolute Gasteiger partial charge is 0.0949 e. The summed E-state index contributed by atoms with van der Waals surface area (Å²) < 4.78 is 11.6. The second-order valence-electron chi connectivity index (χ2n) is 6.73. The van der Waals surface area contributed by atoms with Crippen LogP contribution in [0, 0.1) is 5.92 Å². The van der Waals surface area contributed by atoms with Crippen molar-refractivity contribution in [3.63, 3.8) is 0 Å². The summed E-state index contributed by atoms with van der Waals surface area (Å²) in [6, 6.07) is 7.93. The molecule has 4 heteroatoms. The summed E-state index contributed by atoms with van der Waals surface area (Å²) in [7, 11) is 0. The van der Waals surface area contributed by atoms with E-state index >= 15 is 0 Å². The number of ether oxygens (including phenoxy) is 2. The highest BCUT2D eigenvalue weighted by Gasteiger charge is 2.21. The second-order valence-corrected chi connectivity index (χ2v) is 7.17. The predicted molar refractivity (Wildman–Crippen MR) is 86.8 cm³/mol. The van der Waals surface area contributed by atoms with Crippen molar-refractivity contribution in [2.45, 2.75) is 38.8 Å². The Labute approximate surface area is 133 Å². The van der Waals surface area contributed by atoms with Gasteiger partial charge >= 0.3 is 0 Å². The van der Waals surface area contributed by atoms with Crippen LogP contribution in [-0.4, -0.2) is 31.9 Å². The Bertz CT molecular complexity index is 421. The third-order valence-electron chi connectivity index (χ3n) is 3.62. The van der Waals surface area contributed by atoms with Gasteiger partial charge in [-0.2, -0.15) is 0 Å². The average molecular weight is 312 g/mol. The zero-order valence-electron chi connectivity index (χ0n) is 13.2. The molecule has 0 amide bonds. The Hall–Kier alpha value is -0.610. The minimum atomic E-state index is 0.0436. The number of halogens is 1. The lowest BCUT2D eigenvalue weighted by atomic mass is 10.1. The fraction of sp³-hybridized carbons (Fsp3) is 0.647. The molecule has 1 aliphatic rings. The molecule has 0 aromatic heterocycles. The molecule has 1 fully saturated rings. The molecule has 1 aliphatic heterocycles. The van der Waals surface area contributed by atoms with E-state index in [9.17, 15) is 0 Å². The Morgan fingerprint density at radius 1 is 1.33 bits per heavy atom. The van der Waals surface area contributed by atoms with Gasteiger partial charge in [0.15, 0.2) is 0 Å². The molecule has 1 aromatic carbocycles. The first kappa shape index (κ1) is 16.8. The summed E-state index contributed by atoms with van der Waals surface area (Å²) in [6.45, 7) is 9.71. The second kappa shape index (κ2) is 7.59. The van der Waals surface area contributed by atoms with Crippen molar-refractivity contribution in [2.24, 2.45) is 5.92 Å². The third-order valence-corrected chi connectivity index (χ3v) is 3.87. The van der Waals surface area contributed by atoms with Crippen molar-refractivity contribution in [3.8, 4) is 0 Å². The van der Waals surface area contributed by atoms with Gasteiger partial charge in [0.05, 0.1) is 19.3 Å². The maximum absolute atomic E-state index is 6.16. The Kier molecular flexibility index (Phi) is 6.06. The predicted octanol–water partition coefficient (Wildman–Crippen LogP) is 3.82. The number of rotatable bonds is 6. The Morgan fingerprint density at radius 2 is 2.05 bits per heavy atom. The highest BCUT2D eigenvalue weighted by atomic mass is 35.5. The minimum absolute atomic E-state index is 0.0436. The van der Waals surface area contributed by atoms with Gasteiger partial charge in [-0.25, -0.2) is 0 Å². The van der Waals surface area contributed by atoms with E-state index in [-0.39, 0.29) is 11.6 Å². The summed E-state index contributed by atoms with van der Waals surface area (Å²) in [5, 5.41) is 4.28. The molecule has 0 spiro atoms. The largest absolute Gasteiger partial charge is 0.381 e. The van der Waals surface area contributed by atoms with Crippen LogP contribution in [0.4, 0.5) is 0 Å². The van der Waals surface area contributed by atoms with Crippen LogP contribution in [0.3, 0.4) is 0 Å². The SMILES string of the molecule is CC(C)(C)NCC(OCC1CCOC1)c1ccc(Cl)cc1. The molecule has 0 aliphatic carbocycles. The molecule has 1 aromatic rings. The standard InChI is InChI=1S/C17H26ClNO2/c1-17(2,3)19-10-16(14-4-6-15(18)7-5-14)21-12-13-8-9-20-11-13/h4-7,13,16,19H,8-12H2,1-3H3. The highest BCUT2D eigenvalue weighted by Crippen LogP contribution is 2.22. The minimum Gasteiger partial charge on any atom is -0.381 e. The first-order valence-electron chi connectivity index (χ1n) is 7.64. The molecule has 2 atom stereocenters. The summed E-state index contributed by atoms with van der Waals surface area (Å²) in [5.74, 6) is 0.523. The monoisotopic (exact) mass is 311 g/mol. The van der Waals surface area contributed by atoms with Crippen LogP contribution in [0.2, 0.25) is 5.02 Å². The van der Waals surface area contributed by atoms with Crippen LogP contribution in [0.1, 0.15) is 38.9 Å². The summed E-state index contributed by atoms with van der Waals surface area (Å²) in [4.78, 5) is 0. The lowest BCUT2D eigenvalue weighted by molar-refractivity contribution is 0.0222. The maximum atomic E-state index is 6.16. The van der Waals surface area contributed by atoms with E-state index in [0.717, 1.165) is 43.4 Å². The van der Waals surface area contributed by atoms with Crippen molar-refractivity contribution >= 4 is 11.6 Å². The number of hydrogen-bond acceptors (Lipinski definition) is 3. The van der Waals surface area contributed by atoms with Gasteiger partial charge in [0, 0.05) is 29.6 Å². The lowest BCUT2D eigenvalue weighted by Gasteiger charge is -2.26. The van der Waals surface area contributed by atoms with Gasteiger partial charge in [-0.3, -0.25) is 0 Å². The molecule has 2 rings (SSSR count). The average Bonchev–Trinajstić information content (AvgIpc) is 2.92. The molecule has 1 N–H and O–H groups in total. The van der Waals surface area contributed by atoms with Gasteiger partial charge in [0.25, 0.3) is 0 Å². The Morgan fingerprint density at radius 3 is 2.62 bits per heavy atom. The van der Waals surface area contributed by atoms with Crippen molar-refractivity contribution in [3.05, 3.63) is 34.9 Å². The molecule has 21 heavy (non-hydrogen) atoms. The van der Waals surface area contributed by atoms with Crippen LogP contribution in [0.25, 0.3) is 0 Å². The summed E-state index contributed by atoms with van der Waals surface area (Å²) >= 11 is 5.97. The van der Waals surface area contributed by atoms with E-state index in [0.29, 0.717) is 5.92 Å². The van der Waals surface area contributed by atoms with E-state index in [2.05, 4.69) is 26.1 Å². The first-order valence-corrected chi connectivity index (χ1v) is 8.02. The van der Waals surface area contributed by atoms with Crippen LogP contribution >= 0.6 is 11.6 Å². The van der Waals surface area contributed by atoms with Gasteiger partial charge < -0.3 is 14.8 Å². The van der Waals surface area contributed by atoms with Crippen LogP contribution in [0.15, 0.2) is 24.3 Å². The summed E-state index contributed by atoms with van der Waals surface area (Å²) in [5.41, 5.74) is 1.24. The third kappa shape index (κ3) is 5.95. The van der Waals surface area contributed by atoms with Crippen LogP contribution in [0.5, 0.6) is 0 Å². The van der Waals surface area contributed by atoms with E-state index in [4.69, 9.17) is 21.1 Å². The zero-order valence-corrected chi connectivity index (χ0v) is 14.0. The molecular weight excluding hydrogens is 286 g/mol. The van der Waals surface area contributed by atoms with E-state index < -0.39 is 0 Å². The van der Waals surface area contributed by atoms with E-state index in [1.807, 2.05) is 24.3 Å². The van der Waals surface area contributed by atoms with Crippen LogP contribution in [-0.2, 0) is 9.47 Å². The van der Waals surface area contributed by atoms with Crippen molar-refractivity contribution in [2.75, 3.05) is 26.4 Å². The van der Waals surface area contributed by atoms with Gasteiger partial charge in [-0.15, -0.1) is 0 Å². The maximum Gasteiger partial charge on any atom is 0.0949 e. The first-order chi connectivity index (χ1) is 9.94. The van der Waals surface area contributed by atoms with Gasteiger partial charge in [-0.1, -0.05) is 23.7 Å². The van der Waals surface area contributed by atoms with E-state index in [1.165, 1.54) is 0 Å². The van der Waals surface area contributed by atoms with Crippen molar-refractivity contribution in [1.82, 2.24) is 5.32 Å². The highest BCUT2D eigenvalue weighted by molar-refractivity contribution is 6.30. The molecule has 3 nitrogen and oxygen atoms in total. The fourth-order valence-electron chi connectivity index (χ4n) is 2.32. The molecule has 0 bridgehead atoms. The molecule has 0 saturated carbocycles. The Balaban J connectivity index is 1.96. The normalized spacial score (nSPS) is 20.7. The van der Waals surface area contributed by atoms with Crippen molar-refractivity contribution in [1.29, 1.82) is 0 Å². The van der Waals surface area contributed by atoms with Gasteiger partial charge in [0.1, 0.15) is 0 Å². The number of benzene rings is 1.